The lowest BCUT2D eigenvalue weighted by Crippen LogP contribution is -2.08. The second-order valence-corrected chi connectivity index (χ2v) is 5.39. The highest BCUT2D eigenvalue weighted by molar-refractivity contribution is 7.15. The summed E-state index contributed by atoms with van der Waals surface area (Å²) in [6.45, 7) is 4.14. The molecule has 1 heterocycles. The van der Waals surface area contributed by atoms with Crippen LogP contribution in [0.15, 0.2) is 18.2 Å². The van der Waals surface area contributed by atoms with Crippen LogP contribution in [0.3, 0.4) is 0 Å². The molecule has 2 rings (SSSR count). The van der Waals surface area contributed by atoms with E-state index in [0.717, 1.165) is 33.6 Å². The van der Waals surface area contributed by atoms with Gasteiger partial charge in [0.25, 0.3) is 0 Å². The van der Waals surface area contributed by atoms with Crippen LogP contribution in [0.4, 0.5) is 5.13 Å². The Bertz CT molecular complexity index is 571. The van der Waals surface area contributed by atoms with Gasteiger partial charge in [0, 0.05) is 11.6 Å². The van der Waals surface area contributed by atoms with E-state index in [0.29, 0.717) is 0 Å². The lowest BCUT2D eigenvalue weighted by molar-refractivity contribution is 0.390. The Morgan fingerprint density at radius 1 is 1.25 bits per heavy atom. The van der Waals surface area contributed by atoms with Crippen molar-refractivity contribution >= 4 is 16.5 Å². The number of rotatable bonds is 6. The van der Waals surface area contributed by atoms with Gasteiger partial charge in [-0.25, -0.2) is 0 Å². The molecule has 0 saturated carbocycles. The van der Waals surface area contributed by atoms with Crippen LogP contribution in [0.2, 0.25) is 0 Å². The molecule has 0 amide bonds. The maximum Gasteiger partial charge on any atom is 0.206 e. The zero-order valence-electron chi connectivity index (χ0n) is 12.1. The first-order chi connectivity index (χ1) is 9.67. The van der Waals surface area contributed by atoms with Crippen molar-refractivity contribution in [2.45, 2.75) is 26.3 Å². The molecule has 1 aromatic carbocycles. The first kappa shape index (κ1) is 14.6. The lowest BCUT2D eigenvalue weighted by Gasteiger charge is -2.17. The van der Waals surface area contributed by atoms with Crippen LogP contribution in [-0.2, 0) is 6.42 Å². The van der Waals surface area contributed by atoms with Crippen LogP contribution in [0.5, 0.6) is 11.5 Å². The topological polar surface area (TPSA) is 56.3 Å². The first-order valence-corrected chi connectivity index (χ1v) is 7.30. The fourth-order valence-electron chi connectivity index (χ4n) is 1.89. The van der Waals surface area contributed by atoms with E-state index in [9.17, 15) is 0 Å². The van der Waals surface area contributed by atoms with Crippen molar-refractivity contribution in [3.05, 3.63) is 28.8 Å². The van der Waals surface area contributed by atoms with Gasteiger partial charge in [-0.3, -0.25) is 0 Å². The van der Waals surface area contributed by atoms with E-state index in [-0.39, 0.29) is 6.04 Å². The van der Waals surface area contributed by atoms with Crippen molar-refractivity contribution < 1.29 is 9.47 Å². The molecule has 1 unspecified atom stereocenters. The minimum atomic E-state index is 0.0773. The number of methoxy groups -OCH3 is 2. The standard InChI is InChI=1S/C14H19N3O2S/c1-5-13-16-17-14(20-13)15-9(2)11-7-6-10(18-3)8-12(11)19-4/h6-9H,5H2,1-4H3,(H,15,17). The summed E-state index contributed by atoms with van der Waals surface area (Å²) >= 11 is 1.58. The van der Waals surface area contributed by atoms with Gasteiger partial charge in [-0.1, -0.05) is 18.3 Å². The van der Waals surface area contributed by atoms with Crippen LogP contribution < -0.4 is 14.8 Å². The number of hydrogen-bond donors (Lipinski definition) is 1. The van der Waals surface area contributed by atoms with E-state index < -0.39 is 0 Å². The van der Waals surface area contributed by atoms with Crippen LogP contribution in [-0.4, -0.2) is 24.4 Å². The summed E-state index contributed by atoms with van der Waals surface area (Å²) in [5.74, 6) is 1.58. The molecule has 0 saturated heterocycles. The molecule has 108 valence electrons. The average molecular weight is 293 g/mol. The molecule has 5 nitrogen and oxygen atoms in total. The van der Waals surface area contributed by atoms with Crippen molar-refractivity contribution in [2.24, 2.45) is 0 Å². The second-order valence-electron chi connectivity index (χ2n) is 4.33. The molecule has 0 fully saturated rings. The van der Waals surface area contributed by atoms with E-state index in [1.807, 2.05) is 18.2 Å². The molecule has 0 spiro atoms. The van der Waals surface area contributed by atoms with Gasteiger partial charge in [0.2, 0.25) is 5.13 Å². The van der Waals surface area contributed by atoms with Gasteiger partial charge in [-0.15, -0.1) is 10.2 Å². The van der Waals surface area contributed by atoms with Gasteiger partial charge in [-0.05, 0) is 25.5 Å². The third-order valence-electron chi connectivity index (χ3n) is 3.02. The number of ether oxygens (including phenoxy) is 2. The third-order valence-corrected chi connectivity index (χ3v) is 4.02. The van der Waals surface area contributed by atoms with Gasteiger partial charge >= 0.3 is 0 Å². The minimum absolute atomic E-state index is 0.0773. The number of hydrogen-bond acceptors (Lipinski definition) is 6. The van der Waals surface area contributed by atoms with Crippen molar-refractivity contribution in [1.29, 1.82) is 0 Å². The van der Waals surface area contributed by atoms with Gasteiger partial charge in [-0.2, -0.15) is 0 Å². The highest BCUT2D eigenvalue weighted by Gasteiger charge is 2.14. The van der Waals surface area contributed by atoms with Crippen molar-refractivity contribution in [1.82, 2.24) is 10.2 Å². The summed E-state index contributed by atoms with van der Waals surface area (Å²) in [5.41, 5.74) is 1.06. The molecule has 1 N–H and O–H groups in total. The van der Waals surface area contributed by atoms with E-state index in [4.69, 9.17) is 9.47 Å². The van der Waals surface area contributed by atoms with E-state index in [2.05, 4.69) is 29.4 Å². The number of nitrogens with zero attached hydrogens (tertiary/aromatic N) is 2. The Hall–Kier alpha value is -1.82. The molecule has 0 aliphatic rings. The molecule has 20 heavy (non-hydrogen) atoms. The summed E-state index contributed by atoms with van der Waals surface area (Å²) in [5, 5.41) is 13.4. The first-order valence-electron chi connectivity index (χ1n) is 6.48. The van der Waals surface area contributed by atoms with Gasteiger partial charge in [0.15, 0.2) is 0 Å². The van der Waals surface area contributed by atoms with E-state index in [1.54, 1.807) is 25.6 Å². The third kappa shape index (κ3) is 3.19. The van der Waals surface area contributed by atoms with Crippen molar-refractivity contribution in [3.8, 4) is 11.5 Å². The van der Waals surface area contributed by atoms with Crippen LogP contribution in [0.25, 0.3) is 0 Å². The summed E-state index contributed by atoms with van der Waals surface area (Å²) in [7, 11) is 3.30. The number of aromatic nitrogens is 2. The summed E-state index contributed by atoms with van der Waals surface area (Å²) < 4.78 is 10.6. The highest BCUT2D eigenvalue weighted by Crippen LogP contribution is 2.31. The molecule has 1 atom stereocenters. The molecular weight excluding hydrogens is 274 g/mol. The average Bonchev–Trinajstić information content (AvgIpc) is 2.94. The van der Waals surface area contributed by atoms with Gasteiger partial charge < -0.3 is 14.8 Å². The van der Waals surface area contributed by atoms with E-state index in [1.165, 1.54) is 0 Å². The quantitative estimate of drug-likeness (QED) is 0.885. The maximum absolute atomic E-state index is 5.42. The van der Waals surface area contributed by atoms with Crippen molar-refractivity contribution in [2.75, 3.05) is 19.5 Å². The predicted molar refractivity (Wildman–Crippen MR) is 80.9 cm³/mol. The van der Waals surface area contributed by atoms with Crippen LogP contribution in [0.1, 0.15) is 30.5 Å². The zero-order chi connectivity index (χ0) is 14.5. The summed E-state index contributed by atoms with van der Waals surface area (Å²) in [6.07, 6.45) is 0.902. The summed E-state index contributed by atoms with van der Waals surface area (Å²) in [6, 6.07) is 5.88. The molecule has 0 aliphatic carbocycles. The Morgan fingerprint density at radius 2 is 2.05 bits per heavy atom. The zero-order valence-corrected chi connectivity index (χ0v) is 13.0. The minimum Gasteiger partial charge on any atom is -0.497 e. The Morgan fingerprint density at radius 3 is 2.65 bits per heavy atom. The highest BCUT2D eigenvalue weighted by atomic mass is 32.1. The fourth-order valence-corrected chi connectivity index (χ4v) is 2.66. The Kier molecular flexibility index (Phi) is 4.79. The molecular formula is C14H19N3O2S. The molecule has 0 bridgehead atoms. The smallest absolute Gasteiger partial charge is 0.206 e. The Balaban J connectivity index is 2.17. The second kappa shape index (κ2) is 6.56. The molecule has 0 aliphatic heterocycles. The summed E-state index contributed by atoms with van der Waals surface area (Å²) in [4.78, 5) is 0. The SMILES string of the molecule is CCc1nnc(NC(C)c2ccc(OC)cc2OC)s1. The van der Waals surface area contributed by atoms with Gasteiger partial charge in [0.1, 0.15) is 16.5 Å². The molecule has 1 aromatic heterocycles. The molecule has 2 aromatic rings. The van der Waals surface area contributed by atoms with Crippen LogP contribution in [0, 0.1) is 0 Å². The number of nitrogens with one attached hydrogen (secondary N) is 1. The maximum atomic E-state index is 5.42. The number of aryl methyl sites for hydroxylation is 1. The van der Waals surface area contributed by atoms with Gasteiger partial charge in [0.05, 0.1) is 20.3 Å². The van der Waals surface area contributed by atoms with Crippen molar-refractivity contribution in [3.63, 3.8) is 0 Å². The van der Waals surface area contributed by atoms with Crippen LogP contribution >= 0.6 is 11.3 Å². The monoisotopic (exact) mass is 293 g/mol. The van der Waals surface area contributed by atoms with E-state index >= 15 is 0 Å². The Labute approximate surface area is 123 Å². The number of benzene rings is 1. The fraction of sp³-hybridized carbons (Fsp3) is 0.429. The lowest BCUT2D eigenvalue weighted by atomic mass is 10.1. The normalized spacial score (nSPS) is 12.0. The number of anilines is 1. The largest absolute Gasteiger partial charge is 0.497 e. The molecule has 0 radical (unpaired) electrons. The predicted octanol–water partition coefficient (Wildman–Crippen LogP) is 3.29. The molecule has 6 heteroatoms.